The lowest BCUT2D eigenvalue weighted by Crippen LogP contribution is -2.42. The maximum absolute atomic E-state index is 6.25. The Morgan fingerprint density at radius 2 is 2.16 bits per heavy atom. The quantitative estimate of drug-likeness (QED) is 0.835. The predicted molar refractivity (Wildman–Crippen MR) is 73.7 cm³/mol. The number of hydrogen-bond donors (Lipinski definition) is 2. The topological polar surface area (TPSA) is 65.7 Å². The van der Waals surface area contributed by atoms with Gasteiger partial charge in [0, 0.05) is 18.6 Å². The second kappa shape index (κ2) is 6.75. The van der Waals surface area contributed by atoms with Gasteiger partial charge in [0.2, 0.25) is 0 Å². The molecular formula is C14H22N2O3. The van der Waals surface area contributed by atoms with Gasteiger partial charge in [-0.15, -0.1) is 0 Å². The second-order valence-corrected chi connectivity index (χ2v) is 4.68. The fraction of sp³-hybridized carbons (Fsp3) is 0.571. The molecule has 19 heavy (non-hydrogen) atoms. The highest BCUT2D eigenvalue weighted by atomic mass is 16.5. The Kier molecular flexibility index (Phi) is 5.01. The van der Waals surface area contributed by atoms with Crippen LogP contribution in [0.2, 0.25) is 0 Å². The molecule has 2 unspecified atom stereocenters. The molecule has 3 N–H and O–H groups in total. The summed E-state index contributed by atoms with van der Waals surface area (Å²) in [5.74, 6) is 1.43. The van der Waals surface area contributed by atoms with Crippen LogP contribution in [0.1, 0.15) is 18.0 Å². The molecule has 0 amide bonds. The van der Waals surface area contributed by atoms with E-state index in [1.807, 2.05) is 18.2 Å². The fourth-order valence-corrected chi connectivity index (χ4v) is 2.30. The minimum absolute atomic E-state index is 0.0426. The molecule has 1 aliphatic heterocycles. The summed E-state index contributed by atoms with van der Waals surface area (Å²) in [4.78, 5) is 0. The minimum Gasteiger partial charge on any atom is -0.493 e. The number of morpholine rings is 1. The molecule has 5 nitrogen and oxygen atoms in total. The van der Waals surface area contributed by atoms with Crippen molar-refractivity contribution in [2.24, 2.45) is 5.73 Å². The van der Waals surface area contributed by atoms with Gasteiger partial charge in [0.05, 0.1) is 27.4 Å². The van der Waals surface area contributed by atoms with Crippen LogP contribution in [0.3, 0.4) is 0 Å². The van der Waals surface area contributed by atoms with Gasteiger partial charge in [-0.05, 0) is 24.1 Å². The van der Waals surface area contributed by atoms with Crippen molar-refractivity contribution >= 4 is 0 Å². The summed E-state index contributed by atoms with van der Waals surface area (Å²) in [6.07, 6.45) is 0.843. The van der Waals surface area contributed by atoms with E-state index in [4.69, 9.17) is 19.9 Å². The van der Waals surface area contributed by atoms with Gasteiger partial charge in [0.1, 0.15) is 0 Å². The average Bonchev–Trinajstić information content (AvgIpc) is 2.47. The first-order valence-corrected chi connectivity index (χ1v) is 6.53. The highest BCUT2D eigenvalue weighted by Crippen LogP contribution is 2.30. The van der Waals surface area contributed by atoms with Gasteiger partial charge in [-0.3, -0.25) is 0 Å². The SMILES string of the molecule is COc1ccc(C(N)CC2COCCN2)cc1OC. The zero-order chi connectivity index (χ0) is 13.7. The molecule has 1 aliphatic rings. The van der Waals surface area contributed by atoms with Crippen molar-refractivity contribution < 1.29 is 14.2 Å². The Balaban J connectivity index is 2.03. The molecule has 0 bridgehead atoms. The Hall–Kier alpha value is -1.30. The fourth-order valence-electron chi connectivity index (χ4n) is 2.30. The molecule has 0 saturated carbocycles. The number of hydrogen-bond acceptors (Lipinski definition) is 5. The van der Waals surface area contributed by atoms with E-state index in [-0.39, 0.29) is 6.04 Å². The van der Waals surface area contributed by atoms with Crippen LogP contribution < -0.4 is 20.5 Å². The summed E-state index contributed by atoms with van der Waals surface area (Å²) in [6, 6.07) is 6.08. The minimum atomic E-state index is -0.0426. The van der Waals surface area contributed by atoms with E-state index in [0.29, 0.717) is 11.8 Å². The van der Waals surface area contributed by atoms with Crippen LogP contribution in [-0.2, 0) is 4.74 Å². The largest absolute Gasteiger partial charge is 0.493 e. The Morgan fingerprint density at radius 3 is 2.79 bits per heavy atom. The first kappa shape index (κ1) is 14.1. The van der Waals surface area contributed by atoms with Crippen LogP contribution in [0.15, 0.2) is 18.2 Å². The summed E-state index contributed by atoms with van der Waals surface area (Å²) in [7, 11) is 3.25. The van der Waals surface area contributed by atoms with E-state index in [9.17, 15) is 0 Å². The van der Waals surface area contributed by atoms with Crippen LogP contribution >= 0.6 is 0 Å². The molecule has 106 valence electrons. The van der Waals surface area contributed by atoms with Crippen LogP contribution in [-0.4, -0.2) is 40.0 Å². The van der Waals surface area contributed by atoms with Gasteiger partial charge < -0.3 is 25.3 Å². The first-order valence-electron chi connectivity index (χ1n) is 6.53. The number of benzene rings is 1. The lowest BCUT2D eigenvalue weighted by molar-refractivity contribution is 0.0720. The molecule has 0 aromatic heterocycles. The third kappa shape index (κ3) is 3.59. The van der Waals surface area contributed by atoms with Crippen molar-refractivity contribution in [1.29, 1.82) is 0 Å². The first-order chi connectivity index (χ1) is 9.24. The number of ether oxygens (including phenoxy) is 3. The number of nitrogens with two attached hydrogens (primary N) is 1. The van der Waals surface area contributed by atoms with E-state index < -0.39 is 0 Å². The molecule has 1 aromatic carbocycles. The van der Waals surface area contributed by atoms with Crippen LogP contribution in [0, 0.1) is 0 Å². The molecule has 2 rings (SSSR count). The van der Waals surface area contributed by atoms with E-state index in [1.165, 1.54) is 0 Å². The smallest absolute Gasteiger partial charge is 0.161 e. The second-order valence-electron chi connectivity index (χ2n) is 4.68. The molecule has 1 fully saturated rings. The zero-order valence-corrected chi connectivity index (χ0v) is 11.5. The maximum Gasteiger partial charge on any atom is 0.161 e. The third-order valence-electron chi connectivity index (χ3n) is 3.37. The summed E-state index contributed by atoms with van der Waals surface area (Å²) >= 11 is 0. The highest BCUT2D eigenvalue weighted by Gasteiger charge is 2.18. The Bertz CT molecular complexity index is 406. The standard InChI is InChI=1S/C14H22N2O3/c1-17-13-4-3-10(7-14(13)18-2)12(15)8-11-9-19-6-5-16-11/h3-4,7,11-12,16H,5-6,8-9,15H2,1-2H3. The summed E-state index contributed by atoms with van der Waals surface area (Å²) in [5.41, 5.74) is 7.30. The van der Waals surface area contributed by atoms with Crippen LogP contribution in [0.5, 0.6) is 11.5 Å². The molecule has 2 atom stereocenters. The van der Waals surface area contributed by atoms with Crippen molar-refractivity contribution in [2.45, 2.75) is 18.5 Å². The van der Waals surface area contributed by atoms with E-state index in [1.54, 1.807) is 14.2 Å². The monoisotopic (exact) mass is 266 g/mol. The Morgan fingerprint density at radius 1 is 1.37 bits per heavy atom. The van der Waals surface area contributed by atoms with Gasteiger partial charge in [-0.1, -0.05) is 6.07 Å². The van der Waals surface area contributed by atoms with Gasteiger partial charge in [0.15, 0.2) is 11.5 Å². The molecule has 0 radical (unpaired) electrons. The van der Waals surface area contributed by atoms with Crippen molar-refractivity contribution in [3.63, 3.8) is 0 Å². The van der Waals surface area contributed by atoms with Gasteiger partial charge >= 0.3 is 0 Å². The molecule has 0 aliphatic carbocycles. The molecule has 0 spiro atoms. The summed E-state index contributed by atoms with van der Waals surface area (Å²) in [6.45, 7) is 2.40. The highest BCUT2D eigenvalue weighted by molar-refractivity contribution is 5.43. The molecule has 1 heterocycles. The third-order valence-corrected chi connectivity index (χ3v) is 3.37. The van der Waals surface area contributed by atoms with Crippen LogP contribution in [0.25, 0.3) is 0 Å². The van der Waals surface area contributed by atoms with E-state index in [2.05, 4.69) is 5.32 Å². The zero-order valence-electron chi connectivity index (χ0n) is 11.5. The van der Waals surface area contributed by atoms with Crippen molar-refractivity contribution in [3.05, 3.63) is 23.8 Å². The molecule has 1 saturated heterocycles. The predicted octanol–water partition coefficient (Wildman–Crippen LogP) is 1.08. The lowest BCUT2D eigenvalue weighted by atomic mass is 9.99. The molecule has 1 aromatic rings. The normalized spacial score (nSPS) is 20.9. The van der Waals surface area contributed by atoms with E-state index in [0.717, 1.165) is 37.5 Å². The maximum atomic E-state index is 6.25. The Labute approximate surface area is 114 Å². The number of rotatable bonds is 5. The summed E-state index contributed by atoms with van der Waals surface area (Å²) in [5, 5.41) is 3.41. The van der Waals surface area contributed by atoms with Crippen molar-refractivity contribution in [3.8, 4) is 11.5 Å². The molecule has 5 heteroatoms. The average molecular weight is 266 g/mol. The van der Waals surface area contributed by atoms with Gasteiger partial charge in [0.25, 0.3) is 0 Å². The number of methoxy groups -OCH3 is 2. The summed E-state index contributed by atoms with van der Waals surface area (Å²) < 4.78 is 16.0. The van der Waals surface area contributed by atoms with Gasteiger partial charge in [-0.2, -0.15) is 0 Å². The van der Waals surface area contributed by atoms with E-state index >= 15 is 0 Å². The van der Waals surface area contributed by atoms with Crippen LogP contribution in [0.4, 0.5) is 0 Å². The lowest BCUT2D eigenvalue weighted by Gasteiger charge is -2.26. The van der Waals surface area contributed by atoms with Gasteiger partial charge in [-0.25, -0.2) is 0 Å². The molecular weight excluding hydrogens is 244 g/mol. The van der Waals surface area contributed by atoms with Crippen molar-refractivity contribution in [2.75, 3.05) is 34.0 Å². The number of nitrogens with one attached hydrogen (secondary N) is 1. The van der Waals surface area contributed by atoms with Crippen molar-refractivity contribution in [1.82, 2.24) is 5.32 Å².